The number of hydrogen-bond acceptors (Lipinski definition) is 7. The lowest BCUT2D eigenvalue weighted by Gasteiger charge is -2.31. The second-order valence-electron chi connectivity index (χ2n) is 16.8. The molecule has 5 amide bonds. The number of ether oxygens (including phenoxy) is 1. The fourth-order valence-corrected chi connectivity index (χ4v) is 8.09. The molecule has 2 fully saturated rings. The van der Waals surface area contributed by atoms with Crippen LogP contribution >= 0.6 is 0 Å². The van der Waals surface area contributed by atoms with Crippen molar-refractivity contribution in [1.82, 2.24) is 25.0 Å². The molecule has 2 saturated heterocycles. The molecule has 2 unspecified atom stereocenters. The maximum atomic E-state index is 13.9. The molecule has 3 heterocycles. The summed E-state index contributed by atoms with van der Waals surface area (Å²) in [5.41, 5.74) is 4.68. The number of amides is 5. The van der Waals surface area contributed by atoms with E-state index in [4.69, 9.17) is 4.74 Å². The molecule has 0 saturated carbocycles. The van der Waals surface area contributed by atoms with Gasteiger partial charge in [-0.15, -0.1) is 0 Å². The van der Waals surface area contributed by atoms with Crippen LogP contribution < -0.4 is 16.0 Å². The van der Waals surface area contributed by atoms with E-state index in [0.717, 1.165) is 34.1 Å². The van der Waals surface area contributed by atoms with Crippen molar-refractivity contribution >= 4 is 52.0 Å². The lowest BCUT2D eigenvalue weighted by Crippen LogP contribution is -2.47. The van der Waals surface area contributed by atoms with Gasteiger partial charge in [0.15, 0.2) is 0 Å². The van der Waals surface area contributed by atoms with E-state index in [2.05, 4.69) is 20.9 Å². The van der Waals surface area contributed by atoms with Crippen LogP contribution in [0.3, 0.4) is 0 Å². The van der Waals surface area contributed by atoms with Gasteiger partial charge in [0, 0.05) is 52.2 Å². The van der Waals surface area contributed by atoms with Crippen molar-refractivity contribution in [2.24, 2.45) is 0 Å². The zero-order chi connectivity index (χ0) is 42.6. The van der Waals surface area contributed by atoms with Gasteiger partial charge in [0.2, 0.25) is 23.8 Å². The molecule has 4 N–H and O–H groups in total. The van der Waals surface area contributed by atoms with Crippen molar-refractivity contribution in [2.75, 3.05) is 37.8 Å². The molecule has 0 spiro atoms. The number of nitrogens with one attached hydrogen (secondary N) is 4. The predicted octanol–water partition coefficient (Wildman–Crippen LogP) is 7.26. The topological polar surface area (TPSA) is 156 Å². The summed E-state index contributed by atoms with van der Waals surface area (Å²) < 4.78 is 5.68. The van der Waals surface area contributed by atoms with Crippen LogP contribution in [0.4, 0.5) is 16.2 Å². The minimum Gasteiger partial charge on any atom is -0.431 e. The smallest absolute Gasteiger partial charge is 0.408 e. The number of anilines is 2. The Balaban J connectivity index is 0.989. The normalized spacial score (nSPS) is 17.6. The van der Waals surface area contributed by atoms with Crippen LogP contribution in [0, 0.1) is 0 Å². The predicted molar refractivity (Wildman–Crippen MR) is 232 cm³/mol. The fourth-order valence-electron chi connectivity index (χ4n) is 8.09. The number of aromatic amines is 1. The van der Waals surface area contributed by atoms with E-state index in [-0.39, 0.29) is 17.7 Å². The summed E-state index contributed by atoms with van der Waals surface area (Å²) in [5.74, 6) is -1.07. The third-order valence-electron chi connectivity index (χ3n) is 10.9. The summed E-state index contributed by atoms with van der Waals surface area (Å²) in [4.78, 5) is 76.4. The Morgan fingerprint density at radius 1 is 0.700 bits per heavy atom. The lowest BCUT2D eigenvalue weighted by molar-refractivity contribution is -0.144. The zero-order valence-corrected chi connectivity index (χ0v) is 34.7. The molecule has 5 aromatic rings. The molecule has 13 nitrogen and oxygen atoms in total. The van der Waals surface area contributed by atoms with Crippen molar-refractivity contribution in [3.8, 4) is 11.3 Å². The Morgan fingerprint density at radius 2 is 1.25 bits per heavy atom. The highest BCUT2D eigenvalue weighted by molar-refractivity contribution is 6.01. The number of likely N-dealkylation sites (tertiary alicyclic amines) is 2. The third-order valence-corrected chi connectivity index (χ3v) is 10.9. The molecule has 0 bridgehead atoms. The number of aromatic nitrogens is 1. The summed E-state index contributed by atoms with van der Waals surface area (Å²) in [6.07, 6.45) is 0.535. The molecule has 4 atom stereocenters. The maximum absolute atomic E-state index is 13.9. The first-order valence-electron chi connectivity index (χ1n) is 20.5. The Morgan fingerprint density at radius 3 is 1.83 bits per heavy atom. The summed E-state index contributed by atoms with van der Waals surface area (Å²) >= 11 is 0. The number of rotatable bonds is 11. The molecule has 0 radical (unpaired) electrons. The highest BCUT2D eigenvalue weighted by Gasteiger charge is 2.40. The van der Waals surface area contributed by atoms with E-state index in [1.54, 1.807) is 29.2 Å². The van der Waals surface area contributed by atoms with Crippen LogP contribution in [0.1, 0.15) is 69.7 Å². The standard InChI is InChI=1S/C47H53N7O6/c1-47(2,3)51-46(59)60-41(32-16-10-7-11-17-32)45(58)54-27-13-19-39(54)42(55)48-34-22-20-30(21-23-34)37-29-33-28-35(24-25-36(33)50-37)49-43(56)38-18-12-26-53(38)44(57)40(52(4)5)31-14-8-6-9-15-31/h6-11,14-17,20-25,28-29,38-41,50H,12-13,18-19,26-27H2,1-5H3,(H,48,55)(H,49,56)(H,51,59)/t38?,39?,40-,41+/m0/s1. The molecule has 4 aromatic carbocycles. The van der Waals surface area contributed by atoms with Gasteiger partial charge in [0.25, 0.3) is 5.91 Å². The number of nitrogens with zero attached hydrogens (tertiary/aromatic N) is 3. The minimum absolute atomic E-state index is 0.0861. The fraction of sp³-hybridized carbons (Fsp3) is 0.340. The van der Waals surface area contributed by atoms with Gasteiger partial charge in [-0.25, -0.2) is 4.79 Å². The molecule has 2 aliphatic rings. The van der Waals surface area contributed by atoms with Crippen LogP contribution in [0.15, 0.2) is 109 Å². The van der Waals surface area contributed by atoms with E-state index < -0.39 is 41.8 Å². The Bertz CT molecular complexity index is 2340. The van der Waals surface area contributed by atoms with E-state index in [1.165, 1.54) is 4.90 Å². The first kappa shape index (κ1) is 41.7. The number of hydrogen-bond donors (Lipinski definition) is 4. The van der Waals surface area contributed by atoms with Gasteiger partial charge in [-0.1, -0.05) is 72.8 Å². The number of alkyl carbamates (subject to hydrolysis) is 1. The quantitative estimate of drug-likeness (QED) is 0.109. The van der Waals surface area contributed by atoms with Crippen LogP contribution in [-0.4, -0.2) is 94.2 Å². The monoisotopic (exact) mass is 811 g/mol. The average Bonchev–Trinajstić information content (AvgIpc) is 4.01. The van der Waals surface area contributed by atoms with Crippen LogP contribution in [0.2, 0.25) is 0 Å². The molecule has 60 heavy (non-hydrogen) atoms. The molecular weight excluding hydrogens is 759 g/mol. The summed E-state index contributed by atoms with van der Waals surface area (Å²) in [6.45, 7) is 6.36. The van der Waals surface area contributed by atoms with E-state index in [1.807, 2.05) is 125 Å². The lowest BCUT2D eigenvalue weighted by atomic mass is 10.0. The Labute approximate surface area is 350 Å². The molecule has 312 valence electrons. The van der Waals surface area contributed by atoms with E-state index in [0.29, 0.717) is 49.3 Å². The van der Waals surface area contributed by atoms with Crippen molar-refractivity contribution in [2.45, 2.75) is 76.2 Å². The number of fused-ring (bicyclic) bond motifs is 1. The van der Waals surface area contributed by atoms with E-state index in [9.17, 15) is 24.0 Å². The largest absolute Gasteiger partial charge is 0.431 e. The zero-order valence-electron chi connectivity index (χ0n) is 34.7. The summed E-state index contributed by atoms with van der Waals surface area (Å²) in [6, 6.07) is 31.8. The van der Waals surface area contributed by atoms with E-state index >= 15 is 0 Å². The van der Waals surface area contributed by atoms with Crippen molar-refractivity contribution in [3.05, 3.63) is 120 Å². The van der Waals surface area contributed by atoms with Crippen molar-refractivity contribution in [3.63, 3.8) is 0 Å². The first-order chi connectivity index (χ1) is 28.8. The number of carbonyl (C=O) groups excluding carboxylic acids is 5. The van der Waals surface area contributed by atoms with Gasteiger partial charge in [-0.3, -0.25) is 24.1 Å². The van der Waals surface area contributed by atoms with Gasteiger partial charge in [0.05, 0.1) is 0 Å². The molecule has 0 aliphatic carbocycles. The number of likely N-dealkylation sites (N-methyl/N-ethyl adjacent to an activating group) is 1. The van der Waals surface area contributed by atoms with Crippen molar-refractivity contribution in [1.29, 1.82) is 0 Å². The Kier molecular flexibility index (Phi) is 12.4. The number of H-pyrrole nitrogens is 1. The van der Waals surface area contributed by atoms with Gasteiger partial charge in [-0.2, -0.15) is 0 Å². The SMILES string of the molecule is CN(C)[C@H](C(=O)N1CCCC1C(=O)Nc1ccc2[nH]c(-c3ccc(NC(=O)C4CCCN4C(=O)[C@H](OC(=O)NC(C)(C)C)c4ccccc4)cc3)cc2c1)c1ccccc1. The van der Waals surface area contributed by atoms with Gasteiger partial charge in [-0.05, 0) is 108 Å². The average molecular weight is 812 g/mol. The summed E-state index contributed by atoms with van der Waals surface area (Å²) in [5, 5.41) is 9.68. The van der Waals surface area contributed by atoms with Crippen LogP contribution in [-0.2, 0) is 23.9 Å². The molecular formula is C47H53N7O6. The molecule has 13 heteroatoms. The number of carbonyl (C=O) groups is 5. The molecule has 2 aliphatic heterocycles. The van der Waals surface area contributed by atoms with Gasteiger partial charge >= 0.3 is 6.09 Å². The van der Waals surface area contributed by atoms with Crippen LogP contribution in [0.5, 0.6) is 0 Å². The summed E-state index contributed by atoms with van der Waals surface area (Å²) in [7, 11) is 3.75. The molecule has 1 aromatic heterocycles. The maximum Gasteiger partial charge on any atom is 0.408 e. The first-order valence-corrected chi connectivity index (χ1v) is 20.5. The minimum atomic E-state index is -1.21. The molecule has 7 rings (SSSR count). The second kappa shape index (κ2) is 17.8. The van der Waals surface area contributed by atoms with Gasteiger partial charge in [0.1, 0.15) is 18.1 Å². The highest BCUT2D eigenvalue weighted by Crippen LogP contribution is 2.31. The van der Waals surface area contributed by atoms with Crippen molar-refractivity contribution < 1.29 is 28.7 Å². The van der Waals surface area contributed by atoms with Gasteiger partial charge < -0.3 is 35.5 Å². The highest BCUT2D eigenvalue weighted by atomic mass is 16.6. The number of benzene rings is 4. The Hall–Kier alpha value is -6.47. The second-order valence-corrected chi connectivity index (χ2v) is 16.8. The third kappa shape index (κ3) is 9.52. The van der Waals surface area contributed by atoms with Crippen LogP contribution in [0.25, 0.3) is 22.2 Å².